The van der Waals surface area contributed by atoms with Crippen molar-refractivity contribution in [3.8, 4) is 0 Å². The zero-order valence-corrected chi connectivity index (χ0v) is 13.2. The maximum Gasteiger partial charge on any atom is 0.0594 e. The van der Waals surface area contributed by atoms with Crippen LogP contribution in [0.5, 0.6) is 0 Å². The van der Waals surface area contributed by atoms with Gasteiger partial charge in [-0.15, -0.1) is 0 Å². The standard InChI is InChI=1S/C17H26N2O2/c1-13(2)16-4-3-15(14-5-8-21-12-14)17(18-16)11-19-6-9-20-10-7-19/h3-4,13-14H,5-12H2,1-2H3/t14-/m0/s1. The average Bonchev–Trinajstić information content (AvgIpc) is 3.02. The van der Waals surface area contributed by atoms with E-state index in [2.05, 4.69) is 30.9 Å². The van der Waals surface area contributed by atoms with Crippen LogP contribution in [0.3, 0.4) is 0 Å². The van der Waals surface area contributed by atoms with Crippen LogP contribution in [-0.4, -0.2) is 49.4 Å². The van der Waals surface area contributed by atoms with Crippen LogP contribution in [0.4, 0.5) is 0 Å². The Kier molecular flexibility index (Phi) is 4.88. The fourth-order valence-corrected chi connectivity index (χ4v) is 3.10. The lowest BCUT2D eigenvalue weighted by atomic mass is 9.95. The Hall–Kier alpha value is -0.970. The number of pyridine rings is 1. The molecule has 0 saturated carbocycles. The van der Waals surface area contributed by atoms with Crippen molar-refractivity contribution < 1.29 is 9.47 Å². The lowest BCUT2D eigenvalue weighted by Crippen LogP contribution is -2.36. The first-order chi connectivity index (χ1) is 10.2. The molecule has 3 rings (SSSR count). The number of aromatic nitrogens is 1. The molecule has 2 saturated heterocycles. The highest BCUT2D eigenvalue weighted by Gasteiger charge is 2.23. The highest BCUT2D eigenvalue weighted by molar-refractivity contribution is 5.28. The second kappa shape index (κ2) is 6.86. The Labute approximate surface area is 127 Å². The van der Waals surface area contributed by atoms with E-state index in [0.29, 0.717) is 11.8 Å². The molecule has 0 N–H and O–H groups in total. The third-order valence-corrected chi connectivity index (χ3v) is 4.47. The van der Waals surface area contributed by atoms with Crippen LogP contribution in [0.2, 0.25) is 0 Å². The Morgan fingerprint density at radius 3 is 2.67 bits per heavy atom. The summed E-state index contributed by atoms with van der Waals surface area (Å²) in [6.07, 6.45) is 1.12. The van der Waals surface area contributed by atoms with Crippen LogP contribution in [-0.2, 0) is 16.0 Å². The van der Waals surface area contributed by atoms with Gasteiger partial charge in [-0.05, 0) is 24.0 Å². The average molecular weight is 290 g/mol. The Morgan fingerprint density at radius 1 is 1.19 bits per heavy atom. The van der Waals surface area contributed by atoms with Gasteiger partial charge in [-0.1, -0.05) is 19.9 Å². The van der Waals surface area contributed by atoms with Gasteiger partial charge in [0.1, 0.15) is 0 Å². The minimum absolute atomic E-state index is 0.474. The highest BCUT2D eigenvalue weighted by Crippen LogP contribution is 2.29. The van der Waals surface area contributed by atoms with E-state index >= 15 is 0 Å². The number of rotatable bonds is 4. The second-order valence-corrected chi connectivity index (χ2v) is 6.38. The molecular weight excluding hydrogens is 264 g/mol. The normalized spacial score (nSPS) is 23.9. The largest absolute Gasteiger partial charge is 0.381 e. The fourth-order valence-electron chi connectivity index (χ4n) is 3.10. The molecule has 4 heteroatoms. The van der Waals surface area contributed by atoms with E-state index in [4.69, 9.17) is 14.5 Å². The van der Waals surface area contributed by atoms with Crippen LogP contribution in [0, 0.1) is 0 Å². The van der Waals surface area contributed by atoms with Gasteiger partial charge in [0.2, 0.25) is 0 Å². The summed E-state index contributed by atoms with van der Waals surface area (Å²) >= 11 is 0. The van der Waals surface area contributed by atoms with Crippen molar-refractivity contribution in [2.45, 2.75) is 38.6 Å². The first kappa shape index (κ1) is 14.9. The number of morpholine rings is 1. The fraction of sp³-hybridized carbons (Fsp3) is 0.706. The maximum absolute atomic E-state index is 5.57. The minimum Gasteiger partial charge on any atom is -0.381 e. The summed E-state index contributed by atoms with van der Waals surface area (Å²) in [4.78, 5) is 7.43. The van der Waals surface area contributed by atoms with E-state index in [1.54, 1.807) is 0 Å². The zero-order chi connectivity index (χ0) is 14.7. The minimum atomic E-state index is 0.474. The molecule has 0 amide bonds. The maximum atomic E-state index is 5.57. The summed E-state index contributed by atoms with van der Waals surface area (Å²) < 4.78 is 11.0. The van der Waals surface area contributed by atoms with Crippen molar-refractivity contribution in [2.75, 3.05) is 39.5 Å². The van der Waals surface area contributed by atoms with Crippen molar-refractivity contribution in [1.82, 2.24) is 9.88 Å². The van der Waals surface area contributed by atoms with Gasteiger partial charge in [0.25, 0.3) is 0 Å². The van der Waals surface area contributed by atoms with E-state index < -0.39 is 0 Å². The van der Waals surface area contributed by atoms with Crippen molar-refractivity contribution in [1.29, 1.82) is 0 Å². The molecule has 0 radical (unpaired) electrons. The van der Waals surface area contributed by atoms with E-state index in [9.17, 15) is 0 Å². The van der Waals surface area contributed by atoms with Crippen LogP contribution in [0.1, 0.15) is 49.1 Å². The van der Waals surface area contributed by atoms with Crippen LogP contribution < -0.4 is 0 Å². The molecule has 0 unspecified atom stereocenters. The van der Waals surface area contributed by atoms with Gasteiger partial charge in [0.15, 0.2) is 0 Å². The first-order valence-electron chi connectivity index (χ1n) is 8.11. The monoisotopic (exact) mass is 290 g/mol. The summed E-state index contributed by atoms with van der Waals surface area (Å²) in [7, 11) is 0. The van der Waals surface area contributed by atoms with Gasteiger partial charge in [0.05, 0.1) is 25.5 Å². The van der Waals surface area contributed by atoms with Gasteiger partial charge in [-0.2, -0.15) is 0 Å². The summed E-state index contributed by atoms with van der Waals surface area (Å²) in [6, 6.07) is 4.48. The number of hydrogen-bond donors (Lipinski definition) is 0. The van der Waals surface area contributed by atoms with Crippen LogP contribution in [0.25, 0.3) is 0 Å². The topological polar surface area (TPSA) is 34.6 Å². The van der Waals surface area contributed by atoms with Gasteiger partial charge in [0, 0.05) is 37.9 Å². The smallest absolute Gasteiger partial charge is 0.0594 e. The highest BCUT2D eigenvalue weighted by atomic mass is 16.5. The molecule has 4 nitrogen and oxygen atoms in total. The quantitative estimate of drug-likeness (QED) is 0.853. The summed E-state index contributed by atoms with van der Waals surface area (Å²) in [5, 5.41) is 0. The predicted molar refractivity (Wildman–Crippen MR) is 82.6 cm³/mol. The van der Waals surface area contributed by atoms with Crippen LogP contribution >= 0.6 is 0 Å². The second-order valence-electron chi connectivity index (χ2n) is 6.38. The van der Waals surface area contributed by atoms with Crippen molar-refractivity contribution in [3.05, 3.63) is 29.1 Å². The first-order valence-corrected chi connectivity index (χ1v) is 8.11. The Balaban J connectivity index is 1.83. The molecule has 2 fully saturated rings. The molecule has 21 heavy (non-hydrogen) atoms. The third kappa shape index (κ3) is 3.62. The van der Waals surface area contributed by atoms with E-state index in [1.807, 2.05) is 0 Å². The zero-order valence-electron chi connectivity index (χ0n) is 13.2. The molecule has 0 aliphatic carbocycles. The molecule has 0 aromatic carbocycles. The van der Waals surface area contributed by atoms with Crippen molar-refractivity contribution >= 4 is 0 Å². The molecule has 1 aromatic rings. The summed E-state index contributed by atoms with van der Waals surface area (Å²) in [6.45, 7) is 10.8. The third-order valence-electron chi connectivity index (χ3n) is 4.47. The molecular formula is C17H26N2O2. The van der Waals surface area contributed by atoms with E-state index in [1.165, 1.54) is 17.0 Å². The van der Waals surface area contributed by atoms with Gasteiger partial charge < -0.3 is 9.47 Å². The van der Waals surface area contributed by atoms with Gasteiger partial charge in [-0.3, -0.25) is 9.88 Å². The molecule has 2 aliphatic rings. The molecule has 0 spiro atoms. The predicted octanol–water partition coefficient (Wildman–Crippen LogP) is 2.54. The molecule has 1 atom stereocenters. The number of ether oxygens (including phenoxy) is 2. The Bertz CT molecular complexity index is 464. The summed E-state index contributed by atoms with van der Waals surface area (Å²) in [5.74, 6) is 0.997. The van der Waals surface area contributed by atoms with Crippen molar-refractivity contribution in [2.24, 2.45) is 0 Å². The van der Waals surface area contributed by atoms with Gasteiger partial charge >= 0.3 is 0 Å². The molecule has 0 bridgehead atoms. The molecule has 1 aromatic heterocycles. The molecule has 2 aliphatic heterocycles. The molecule has 3 heterocycles. The lowest BCUT2D eigenvalue weighted by molar-refractivity contribution is 0.0334. The van der Waals surface area contributed by atoms with E-state index in [-0.39, 0.29) is 0 Å². The van der Waals surface area contributed by atoms with Crippen LogP contribution in [0.15, 0.2) is 12.1 Å². The molecule has 116 valence electrons. The SMILES string of the molecule is CC(C)c1ccc([C@H]2CCOC2)c(CN2CCOCC2)n1. The summed E-state index contributed by atoms with van der Waals surface area (Å²) in [5.41, 5.74) is 3.84. The lowest BCUT2D eigenvalue weighted by Gasteiger charge is -2.28. The Morgan fingerprint density at radius 2 is 2.00 bits per heavy atom. The number of hydrogen-bond acceptors (Lipinski definition) is 4. The van der Waals surface area contributed by atoms with Crippen molar-refractivity contribution in [3.63, 3.8) is 0 Å². The number of nitrogens with zero attached hydrogens (tertiary/aromatic N) is 2. The van der Waals surface area contributed by atoms with E-state index in [0.717, 1.165) is 52.5 Å². The van der Waals surface area contributed by atoms with Gasteiger partial charge in [-0.25, -0.2) is 0 Å².